The number of unbranched alkanes of at least 4 members (excludes halogenated alkanes) is 2. The summed E-state index contributed by atoms with van der Waals surface area (Å²) in [5, 5.41) is 1.81. The lowest BCUT2D eigenvalue weighted by atomic mass is 9.95. The lowest BCUT2D eigenvalue weighted by Gasteiger charge is -2.30. The van der Waals surface area contributed by atoms with Crippen molar-refractivity contribution in [1.82, 2.24) is 19.6 Å². The van der Waals surface area contributed by atoms with Crippen LogP contribution in [0.1, 0.15) is 88.7 Å². The van der Waals surface area contributed by atoms with Crippen LogP contribution >= 0.6 is 11.6 Å². The number of ether oxygens (including phenoxy) is 1. The highest BCUT2D eigenvalue weighted by Crippen LogP contribution is 2.32. The maximum Gasteiger partial charge on any atom is 0.341 e. The molecule has 11 nitrogen and oxygen atoms in total. The molecule has 0 aliphatic carbocycles. The third kappa shape index (κ3) is 8.98. The van der Waals surface area contributed by atoms with Gasteiger partial charge in [0.1, 0.15) is 5.56 Å². The minimum atomic E-state index is -4.34. The van der Waals surface area contributed by atoms with E-state index in [0.717, 1.165) is 42.2 Å². The third-order valence-electron chi connectivity index (χ3n) is 9.61. The molecule has 2 heterocycles. The molecule has 0 bridgehead atoms. The number of benzene rings is 4. The van der Waals surface area contributed by atoms with Crippen LogP contribution < -0.4 is 9.62 Å². The van der Waals surface area contributed by atoms with Crippen molar-refractivity contribution < 1.29 is 27.5 Å². The number of rotatable bonds is 14. The summed E-state index contributed by atoms with van der Waals surface area (Å²) in [6.45, 7) is 8.15. The van der Waals surface area contributed by atoms with E-state index in [1.54, 1.807) is 36.1 Å². The Morgan fingerprint density at radius 2 is 1.60 bits per heavy atom. The van der Waals surface area contributed by atoms with Gasteiger partial charge in [-0.25, -0.2) is 27.9 Å². The highest BCUT2D eigenvalue weighted by Gasteiger charge is 2.29. The fourth-order valence-electron chi connectivity index (χ4n) is 6.61. The summed E-state index contributed by atoms with van der Waals surface area (Å²) in [7, 11) is -4.34. The van der Waals surface area contributed by atoms with E-state index in [-0.39, 0.29) is 39.5 Å². The second kappa shape index (κ2) is 17.4. The molecule has 6 rings (SSSR count). The van der Waals surface area contributed by atoms with Crippen LogP contribution in [-0.2, 0) is 27.7 Å². The molecule has 0 unspecified atom stereocenters. The van der Waals surface area contributed by atoms with Gasteiger partial charge in [-0.3, -0.25) is 9.59 Å². The van der Waals surface area contributed by atoms with E-state index in [0.29, 0.717) is 49.0 Å². The smallest absolute Gasteiger partial charge is 0.341 e. The number of hydrogen-bond donors (Lipinski definition) is 1. The first-order valence-electron chi connectivity index (χ1n) is 18.6. The van der Waals surface area contributed by atoms with Crippen LogP contribution in [0.5, 0.6) is 0 Å². The van der Waals surface area contributed by atoms with Crippen LogP contribution in [-0.4, -0.2) is 67.3 Å². The normalized spacial score (nSPS) is 12.6. The Balaban J connectivity index is 1.44. The van der Waals surface area contributed by atoms with Gasteiger partial charge in [-0.05, 0) is 84.5 Å². The molecular weight excluding hydrogens is 738 g/mol. The maximum atomic E-state index is 14.6. The predicted octanol–water partition coefficient (Wildman–Crippen LogP) is 7.85. The number of carbonyl (C=O) groups is 3. The third-order valence-corrected chi connectivity index (χ3v) is 11.2. The van der Waals surface area contributed by atoms with Crippen LogP contribution in [0.4, 0.5) is 5.95 Å². The Labute approximate surface area is 326 Å². The molecule has 4 aromatic carbocycles. The molecule has 0 saturated heterocycles. The standard InChI is InChI=1S/C42H44ClN5O6S/c1-4-7-20-47(21-8-5-2)42-44-26-37(41(51)54-6-3)38(45-42)35-18-15-30(25-36(35)40(50)48-22-19-28-11-9-10-12-31(28)27-48)39(49)46-55(52,53)34-17-14-29-13-16-33(43)23-32(29)24-34/h9-18,23-26H,4-8,19-22,27H2,1-3H3,(H,46,49). The zero-order chi connectivity index (χ0) is 39.1. The quantitative estimate of drug-likeness (QED) is 0.112. The van der Waals surface area contributed by atoms with Crippen molar-refractivity contribution in [3.05, 3.63) is 118 Å². The van der Waals surface area contributed by atoms with Crippen molar-refractivity contribution >= 4 is 56.1 Å². The van der Waals surface area contributed by atoms with Crippen LogP contribution in [0, 0.1) is 0 Å². The first-order valence-corrected chi connectivity index (χ1v) is 20.4. The monoisotopic (exact) mass is 781 g/mol. The van der Waals surface area contributed by atoms with Crippen molar-refractivity contribution in [1.29, 1.82) is 0 Å². The van der Waals surface area contributed by atoms with Crippen molar-refractivity contribution in [2.45, 2.75) is 64.3 Å². The molecule has 0 spiro atoms. The van der Waals surface area contributed by atoms with Crippen molar-refractivity contribution in [3.8, 4) is 11.3 Å². The molecule has 5 aromatic rings. The van der Waals surface area contributed by atoms with Crippen molar-refractivity contribution in [2.75, 3.05) is 31.1 Å². The summed E-state index contributed by atoms with van der Waals surface area (Å²) < 4.78 is 34.6. The van der Waals surface area contributed by atoms with E-state index in [2.05, 4.69) is 28.5 Å². The SMILES string of the molecule is CCCCN(CCCC)c1ncc(C(=O)OCC)c(-c2ccc(C(=O)NS(=O)(=O)c3ccc4ccc(Cl)cc4c3)cc2C(=O)N2CCc3ccccc3C2)n1. The van der Waals surface area contributed by atoms with Gasteiger partial charge < -0.3 is 14.5 Å². The predicted molar refractivity (Wildman–Crippen MR) is 214 cm³/mol. The molecule has 286 valence electrons. The number of nitrogens with one attached hydrogen (secondary N) is 1. The van der Waals surface area contributed by atoms with Gasteiger partial charge in [0.2, 0.25) is 5.95 Å². The molecule has 1 N–H and O–H groups in total. The number of halogens is 1. The molecular formula is C42H44ClN5O6S. The lowest BCUT2D eigenvalue weighted by Crippen LogP contribution is -2.36. The first kappa shape index (κ1) is 39.4. The molecule has 2 amide bonds. The molecule has 0 saturated carbocycles. The fraction of sp³-hybridized carbons (Fsp3) is 0.310. The second-order valence-electron chi connectivity index (χ2n) is 13.4. The number of esters is 1. The lowest BCUT2D eigenvalue weighted by molar-refractivity contribution is 0.0525. The maximum absolute atomic E-state index is 14.6. The zero-order valence-corrected chi connectivity index (χ0v) is 32.8. The number of amides is 2. The molecule has 13 heteroatoms. The number of aromatic nitrogens is 2. The number of anilines is 1. The highest BCUT2D eigenvalue weighted by atomic mass is 35.5. The summed E-state index contributed by atoms with van der Waals surface area (Å²) in [5.41, 5.74) is 2.67. The Kier molecular flexibility index (Phi) is 12.5. The Bertz CT molecular complexity index is 2340. The summed E-state index contributed by atoms with van der Waals surface area (Å²) in [6, 6.07) is 21.8. The first-order chi connectivity index (χ1) is 26.5. The Hall–Kier alpha value is -5.33. The van der Waals surface area contributed by atoms with Crippen LogP contribution in [0.2, 0.25) is 5.02 Å². The summed E-state index contributed by atoms with van der Waals surface area (Å²) in [4.78, 5) is 54.9. The van der Waals surface area contributed by atoms with Gasteiger partial charge in [-0.1, -0.05) is 80.8 Å². The number of nitrogens with zero attached hydrogens (tertiary/aromatic N) is 4. The molecule has 55 heavy (non-hydrogen) atoms. The number of hydrogen-bond acceptors (Lipinski definition) is 9. The average Bonchev–Trinajstić information content (AvgIpc) is 3.19. The van der Waals surface area contributed by atoms with E-state index < -0.39 is 27.8 Å². The minimum absolute atomic E-state index is 0.0609. The van der Waals surface area contributed by atoms with Crippen molar-refractivity contribution in [3.63, 3.8) is 0 Å². The zero-order valence-electron chi connectivity index (χ0n) is 31.2. The van der Waals surface area contributed by atoms with E-state index in [1.807, 2.05) is 24.3 Å². The molecule has 1 aromatic heterocycles. The molecule has 1 aliphatic heterocycles. The highest BCUT2D eigenvalue weighted by molar-refractivity contribution is 7.90. The molecule has 1 aliphatic rings. The number of carbonyl (C=O) groups excluding carboxylic acids is 3. The van der Waals surface area contributed by atoms with Gasteiger partial charge in [0.15, 0.2) is 0 Å². The second-order valence-corrected chi connectivity index (χ2v) is 15.6. The van der Waals surface area contributed by atoms with Crippen LogP contribution in [0.25, 0.3) is 22.0 Å². The Morgan fingerprint density at radius 1 is 0.873 bits per heavy atom. The summed E-state index contributed by atoms with van der Waals surface area (Å²) in [5.74, 6) is -1.60. The van der Waals surface area contributed by atoms with Gasteiger partial charge >= 0.3 is 5.97 Å². The number of sulfonamides is 1. The number of fused-ring (bicyclic) bond motifs is 2. The van der Waals surface area contributed by atoms with Gasteiger partial charge in [0, 0.05) is 54.1 Å². The van der Waals surface area contributed by atoms with Gasteiger partial charge in [-0.2, -0.15) is 0 Å². The topological polar surface area (TPSA) is 139 Å². The Morgan fingerprint density at radius 3 is 2.33 bits per heavy atom. The average molecular weight is 782 g/mol. The van der Waals surface area contributed by atoms with Crippen LogP contribution in [0.3, 0.4) is 0 Å². The van der Waals surface area contributed by atoms with E-state index in [1.165, 1.54) is 36.5 Å². The van der Waals surface area contributed by atoms with Gasteiger partial charge in [0.05, 0.1) is 17.2 Å². The fourth-order valence-corrected chi connectivity index (χ4v) is 7.80. The summed E-state index contributed by atoms with van der Waals surface area (Å²) in [6.07, 6.45) is 5.78. The van der Waals surface area contributed by atoms with E-state index in [9.17, 15) is 22.8 Å². The molecule has 0 atom stereocenters. The minimum Gasteiger partial charge on any atom is -0.462 e. The van der Waals surface area contributed by atoms with Gasteiger partial charge in [0.25, 0.3) is 21.8 Å². The van der Waals surface area contributed by atoms with Crippen LogP contribution in [0.15, 0.2) is 90.0 Å². The van der Waals surface area contributed by atoms with Gasteiger partial charge in [-0.15, -0.1) is 0 Å². The molecule has 0 fully saturated rings. The van der Waals surface area contributed by atoms with Crippen molar-refractivity contribution in [2.24, 2.45) is 0 Å². The largest absolute Gasteiger partial charge is 0.462 e. The summed E-state index contributed by atoms with van der Waals surface area (Å²) >= 11 is 6.15. The molecule has 0 radical (unpaired) electrons. The van der Waals surface area contributed by atoms with E-state index in [4.69, 9.17) is 21.3 Å². The van der Waals surface area contributed by atoms with E-state index >= 15 is 0 Å².